The van der Waals surface area contributed by atoms with E-state index in [0.29, 0.717) is 0 Å². The van der Waals surface area contributed by atoms with Crippen molar-refractivity contribution in [2.75, 3.05) is 4.90 Å². The normalized spacial score (nSPS) is 15.2. The van der Waals surface area contributed by atoms with Crippen molar-refractivity contribution >= 4 is 39.7 Å². The Balaban J connectivity index is 1.07. The topological polar surface area (TPSA) is 8.17 Å². The first-order valence-electron chi connectivity index (χ1n) is 19.0. The average molecular weight is 683 g/mol. The fraction of sp³-hybridized carbons (Fsp3) is 0.137. The molecule has 3 aliphatic rings. The smallest absolute Gasteiger partial charge is 0.0534 e. The summed E-state index contributed by atoms with van der Waals surface area (Å²) >= 11 is 0. The molecule has 0 spiro atoms. The summed E-state index contributed by atoms with van der Waals surface area (Å²) in [5, 5.41) is 1.38. The molecule has 6 aromatic carbocycles. The minimum Gasteiger partial charge on any atom is -0.313 e. The van der Waals surface area contributed by atoms with Gasteiger partial charge < -0.3 is 9.47 Å². The van der Waals surface area contributed by atoms with Crippen LogP contribution in [0.2, 0.25) is 0 Å². The maximum Gasteiger partial charge on any atom is 0.0534 e. The number of aromatic nitrogens is 1. The van der Waals surface area contributed by atoms with E-state index in [-0.39, 0.29) is 5.41 Å². The largest absolute Gasteiger partial charge is 0.313 e. The molecule has 0 saturated carbocycles. The van der Waals surface area contributed by atoms with E-state index in [0.717, 1.165) is 42.7 Å². The lowest BCUT2D eigenvalue weighted by molar-refractivity contribution is 0.660. The Morgan fingerprint density at radius 1 is 0.547 bits per heavy atom. The molecule has 256 valence electrons. The molecule has 53 heavy (non-hydrogen) atoms. The van der Waals surface area contributed by atoms with Crippen LogP contribution in [0.4, 0.5) is 17.1 Å². The molecular formula is C51H42N2. The van der Waals surface area contributed by atoms with Crippen molar-refractivity contribution in [2.45, 2.75) is 44.9 Å². The Morgan fingerprint density at radius 3 is 2.09 bits per heavy atom. The van der Waals surface area contributed by atoms with Crippen LogP contribution in [-0.2, 0) is 11.8 Å². The van der Waals surface area contributed by atoms with E-state index < -0.39 is 0 Å². The predicted octanol–water partition coefficient (Wildman–Crippen LogP) is 13.9. The Hall–Kier alpha value is -6.12. The number of aryl methyl sites for hydroxylation is 1. The molecule has 0 amide bonds. The summed E-state index contributed by atoms with van der Waals surface area (Å²) in [7, 11) is 0. The Kier molecular flexibility index (Phi) is 7.47. The van der Waals surface area contributed by atoms with Gasteiger partial charge in [0.15, 0.2) is 0 Å². The maximum atomic E-state index is 2.51. The van der Waals surface area contributed by atoms with E-state index in [2.05, 4.69) is 193 Å². The van der Waals surface area contributed by atoms with Crippen LogP contribution in [0, 0.1) is 0 Å². The molecule has 0 N–H and O–H groups in total. The molecule has 10 rings (SSSR count). The molecule has 0 atom stereocenters. The number of benzene rings is 6. The minimum absolute atomic E-state index is 0.0832. The second-order valence-corrected chi connectivity index (χ2v) is 15.2. The van der Waals surface area contributed by atoms with E-state index >= 15 is 0 Å². The molecule has 0 saturated heterocycles. The van der Waals surface area contributed by atoms with Gasteiger partial charge in [-0.05, 0) is 136 Å². The van der Waals surface area contributed by atoms with Gasteiger partial charge >= 0.3 is 0 Å². The van der Waals surface area contributed by atoms with Crippen LogP contribution in [0.3, 0.4) is 0 Å². The van der Waals surface area contributed by atoms with Gasteiger partial charge in [-0.1, -0.05) is 123 Å². The van der Waals surface area contributed by atoms with Gasteiger partial charge in [-0.3, -0.25) is 0 Å². The summed E-state index contributed by atoms with van der Waals surface area (Å²) in [4.78, 5) is 2.42. The fourth-order valence-corrected chi connectivity index (χ4v) is 9.04. The minimum atomic E-state index is -0.0832. The van der Waals surface area contributed by atoms with Crippen LogP contribution in [0.1, 0.15) is 55.5 Å². The first-order valence-corrected chi connectivity index (χ1v) is 19.0. The fourth-order valence-electron chi connectivity index (χ4n) is 9.04. The molecular weight excluding hydrogens is 641 g/mol. The van der Waals surface area contributed by atoms with Crippen LogP contribution in [-0.4, -0.2) is 4.57 Å². The average Bonchev–Trinajstić information content (AvgIpc) is 3.67. The van der Waals surface area contributed by atoms with E-state index in [4.69, 9.17) is 0 Å². The zero-order valence-corrected chi connectivity index (χ0v) is 30.4. The van der Waals surface area contributed by atoms with Gasteiger partial charge in [-0.15, -0.1) is 0 Å². The van der Waals surface area contributed by atoms with Crippen molar-refractivity contribution in [2.24, 2.45) is 0 Å². The molecule has 0 aliphatic heterocycles. The quantitative estimate of drug-likeness (QED) is 0.169. The number of nitrogens with zero attached hydrogens (tertiary/aromatic N) is 2. The molecule has 0 unspecified atom stereocenters. The van der Waals surface area contributed by atoms with Gasteiger partial charge in [0.1, 0.15) is 0 Å². The monoisotopic (exact) mass is 682 g/mol. The van der Waals surface area contributed by atoms with Crippen molar-refractivity contribution < 1.29 is 0 Å². The van der Waals surface area contributed by atoms with Crippen LogP contribution in [0.5, 0.6) is 0 Å². The molecule has 1 heterocycles. The summed E-state index contributed by atoms with van der Waals surface area (Å²) in [5.74, 6) is 0. The van der Waals surface area contributed by atoms with Crippen LogP contribution in [0.15, 0.2) is 164 Å². The lowest BCUT2D eigenvalue weighted by Crippen LogP contribution is -2.16. The molecule has 3 aliphatic carbocycles. The molecule has 2 nitrogen and oxygen atoms in total. The van der Waals surface area contributed by atoms with Gasteiger partial charge in [0.2, 0.25) is 0 Å². The summed E-state index contributed by atoms with van der Waals surface area (Å²) in [6, 6.07) is 51.9. The number of hydrogen-bond acceptors (Lipinski definition) is 1. The standard InChI is InChI=1S/C51H42N2/c1-51(2)47-22-11-9-20-43(47)44-30-29-42(34-48(44)51)52(41-19-13-16-37(32-41)35-14-5-3-6-15-35)40-27-24-36(25-28-40)38-26-31-50-46(33-38)45-21-10-12-23-49(45)53(50)39-17-7-4-8-18-39/h3-7,9,11-17,19-20,22-34H,8,10,18,21H2,1-2H3. The summed E-state index contributed by atoms with van der Waals surface area (Å²) in [5.41, 5.74) is 19.2. The Labute approximate surface area is 312 Å². The van der Waals surface area contributed by atoms with Crippen molar-refractivity contribution in [3.8, 4) is 33.4 Å². The van der Waals surface area contributed by atoms with Crippen LogP contribution < -0.4 is 4.90 Å². The van der Waals surface area contributed by atoms with Gasteiger partial charge in [0.05, 0.1) is 5.52 Å². The lowest BCUT2D eigenvalue weighted by atomic mass is 9.82. The van der Waals surface area contributed by atoms with E-state index in [1.165, 1.54) is 72.4 Å². The van der Waals surface area contributed by atoms with Gasteiger partial charge in [-0.25, -0.2) is 0 Å². The highest BCUT2D eigenvalue weighted by molar-refractivity contribution is 5.95. The van der Waals surface area contributed by atoms with Crippen molar-refractivity contribution in [1.82, 2.24) is 4.57 Å². The van der Waals surface area contributed by atoms with Gasteiger partial charge in [0, 0.05) is 39.3 Å². The number of fused-ring (bicyclic) bond motifs is 6. The van der Waals surface area contributed by atoms with E-state index in [1.807, 2.05) is 0 Å². The third kappa shape index (κ3) is 5.24. The van der Waals surface area contributed by atoms with E-state index in [9.17, 15) is 0 Å². The summed E-state index contributed by atoms with van der Waals surface area (Å²) in [6.45, 7) is 4.72. The third-order valence-corrected chi connectivity index (χ3v) is 11.7. The first-order chi connectivity index (χ1) is 26.0. The van der Waals surface area contributed by atoms with Crippen molar-refractivity contribution in [1.29, 1.82) is 0 Å². The Bertz CT molecular complexity index is 2630. The second kappa shape index (κ2) is 12.5. The molecule has 7 aromatic rings. The van der Waals surface area contributed by atoms with Crippen molar-refractivity contribution in [3.05, 3.63) is 186 Å². The summed E-state index contributed by atoms with van der Waals surface area (Å²) in [6.07, 6.45) is 15.8. The number of allylic oxidation sites excluding steroid dienone is 5. The number of rotatable bonds is 6. The van der Waals surface area contributed by atoms with Gasteiger partial charge in [0.25, 0.3) is 0 Å². The highest BCUT2D eigenvalue weighted by Crippen LogP contribution is 2.51. The van der Waals surface area contributed by atoms with Crippen molar-refractivity contribution in [3.63, 3.8) is 0 Å². The first kappa shape index (κ1) is 31.6. The summed E-state index contributed by atoms with van der Waals surface area (Å²) < 4.78 is 2.51. The number of anilines is 3. The lowest BCUT2D eigenvalue weighted by Gasteiger charge is -2.28. The highest BCUT2D eigenvalue weighted by atomic mass is 15.1. The van der Waals surface area contributed by atoms with Gasteiger partial charge in [-0.2, -0.15) is 0 Å². The predicted molar refractivity (Wildman–Crippen MR) is 225 cm³/mol. The molecule has 0 bridgehead atoms. The highest BCUT2D eigenvalue weighted by Gasteiger charge is 2.35. The molecule has 0 radical (unpaired) electrons. The Morgan fingerprint density at radius 2 is 1.25 bits per heavy atom. The third-order valence-electron chi connectivity index (χ3n) is 11.7. The second-order valence-electron chi connectivity index (χ2n) is 15.2. The number of hydrogen-bond donors (Lipinski definition) is 0. The molecule has 0 fully saturated rings. The SMILES string of the molecule is CC1(C)c2ccccc2-c2ccc(N(c3ccc(-c4ccc5c(c4)c4c(n5C5=CC=CCC5)C=CCC4)cc3)c3cccc(-c4ccccc4)c3)cc21. The molecule has 2 heteroatoms. The zero-order chi connectivity index (χ0) is 35.5. The maximum absolute atomic E-state index is 2.51. The van der Waals surface area contributed by atoms with E-state index in [1.54, 1.807) is 0 Å². The molecule has 1 aromatic heterocycles. The van der Waals surface area contributed by atoms with Crippen LogP contribution >= 0.6 is 0 Å². The van der Waals surface area contributed by atoms with Crippen LogP contribution in [0.25, 0.3) is 56.1 Å². The zero-order valence-electron chi connectivity index (χ0n) is 30.4.